The molecule has 0 unspecified atom stereocenters. The highest BCUT2D eigenvalue weighted by atomic mass is 16.2. The minimum atomic E-state index is -1.00. The number of nitrogens with zero attached hydrogens (tertiary/aromatic N) is 4. The summed E-state index contributed by atoms with van der Waals surface area (Å²) in [5.74, 6) is 0.0673. The van der Waals surface area contributed by atoms with Crippen LogP contribution in [0.5, 0.6) is 0 Å². The van der Waals surface area contributed by atoms with Crippen LogP contribution in [0.25, 0.3) is 5.65 Å². The van der Waals surface area contributed by atoms with Crippen molar-refractivity contribution in [3.05, 3.63) is 30.2 Å². The fourth-order valence-corrected chi connectivity index (χ4v) is 3.14. The Morgan fingerprint density at radius 1 is 1.26 bits per heavy atom. The lowest BCUT2D eigenvalue weighted by Gasteiger charge is -2.21. The molecule has 0 aliphatic carbocycles. The summed E-state index contributed by atoms with van der Waals surface area (Å²) in [6, 6.07) is 4.62. The molecule has 2 N–H and O–H groups in total. The molecule has 2 aromatic rings. The zero-order valence-electron chi connectivity index (χ0n) is 15.9. The molecule has 0 radical (unpaired) electrons. The molecule has 0 bridgehead atoms. The summed E-state index contributed by atoms with van der Waals surface area (Å²) < 4.78 is 1.82. The molecule has 9 heteroatoms. The Labute approximate surface area is 157 Å². The molecule has 0 aromatic carbocycles. The summed E-state index contributed by atoms with van der Waals surface area (Å²) >= 11 is 0. The molecule has 3 rings (SSSR count). The molecule has 1 fully saturated rings. The van der Waals surface area contributed by atoms with Gasteiger partial charge in [0.05, 0.1) is 6.04 Å². The van der Waals surface area contributed by atoms with Crippen LogP contribution in [0.1, 0.15) is 46.0 Å². The van der Waals surface area contributed by atoms with Gasteiger partial charge in [0.15, 0.2) is 11.5 Å². The van der Waals surface area contributed by atoms with Gasteiger partial charge in [0, 0.05) is 6.20 Å². The topological polar surface area (TPSA) is 109 Å². The van der Waals surface area contributed by atoms with Gasteiger partial charge in [0.25, 0.3) is 5.91 Å². The highest BCUT2D eigenvalue weighted by Gasteiger charge is 2.45. The number of carbonyl (C=O) groups excluding carboxylic acids is 3. The maximum Gasteiger partial charge on any atom is 0.325 e. The molecular weight excluding hydrogens is 348 g/mol. The minimum absolute atomic E-state index is 0.294. The van der Waals surface area contributed by atoms with Crippen molar-refractivity contribution >= 4 is 23.5 Å². The number of hydrogen-bond donors (Lipinski definition) is 2. The van der Waals surface area contributed by atoms with Gasteiger partial charge in [0.2, 0.25) is 5.91 Å². The van der Waals surface area contributed by atoms with E-state index >= 15 is 0 Å². The average molecular weight is 372 g/mol. The van der Waals surface area contributed by atoms with Crippen LogP contribution in [-0.4, -0.2) is 49.4 Å². The Hall–Kier alpha value is -2.97. The average Bonchev–Trinajstić information content (AvgIpc) is 3.08. The van der Waals surface area contributed by atoms with Crippen molar-refractivity contribution in [3.8, 4) is 0 Å². The number of hydrogen-bond acceptors (Lipinski definition) is 5. The first-order valence-electron chi connectivity index (χ1n) is 8.92. The highest BCUT2D eigenvalue weighted by Crippen LogP contribution is 2.21. The van der Waals surface area contributed by atoms with Crippen molar-refractivity contribution in [2.75, 3.05) is 6.54 Å². The van der Waals surface area contributed by atoms with E-state index in [0.717, 1.165) is 4.90 Å². The van der Waals surface area contributed by atoms with Gasteiger partial charge < -0.3 is 10.6 Å². The molecule has 144 valence electrons. The molecule has 0 spiro atoms. The van der Waals surface area contributed by atoms with Gasteiger partial charge in [-0.3, -0.25) is 18.9 Å². The van der Waals surface area contributed by atoms with Gasteiger partial charge in [-0.2, -0.15) is 0 Å². The lowest BCUT2D eigenvalue weighted by Crippen LogP contribution is -2.44. The Balaban J connectivity index is 1.78. The molecule has 4 amide bonds. The summed E-state index contributed by atoms with van der Waals surface area (Å²) in [7, 11) is 0. The van der Waals surface area contributed by atoms with E-state index in [1.54, 1.807) is 13.8 Å². The van der Waals surface area contributed by atoms with E-state index < -0.39 is 23.4 Å². The summed E-state index contributed by atoms with van der Waals surface area (Å²) in [6.45, 7) is 6.97. The molecule has 1 aliphatic heterocycles. The van der Waals surface area contributed by atoms with Crippen LogP contribution in [0.3, 0.4) is 0 Å². The third-order valence-electron chi connectivity index (χ3n) is 4.44. The molecule has 2 aromatic heterocycles. The number of aromatic nitrogens is 3. The fourth-order valence-electron chi connectivity index (χ4n) is 3.14. The predicted molar refractivity (Wildman–Crippen MR) is 97.6 cm³/mol. The molecule has 27 heavy (non-hydrogen) atoms. The zero-order chi connectivity index (χ0) is 19.8. The molecular formula is C18H24N6O3. The first-order chi connectivity index (χ1) is 12.7. The quantitative estimate of drug-likeness (QED) is 0.742. The third-order valence-corrected chi connectivity index (χ3v) is 4.44. The van der Waals surface area contributed by atoms with E-state index in [4.69, 9.17) is 0 Å². The normalized spacial score (nSPS) is 17.4. The van der Waals surface area contributed by atoms with Crippen LogP contribution in [0, 0.1) is 5.92 Å². The first-order valence-corrected chi connectivity index (χ1v) is 8.92. The van der Waals surface area contributed by atoms with E-state index in [1.807, 2.05) is 42.6 Å². The number of amides is 4. The standard InChI is InChI=1S/C18H24N6O3/c1-11(2)9-12(15-22-21-13-7-5-6-8-23(13)15)19-14(25)10-24-16(26)18(3,4)20-17(24)27/h5-8,11-12H,9-10H2,1-4H3,(H,19,25)(H,20,27)/t12-/m1/s1. The van der Waals surface area contributed by atoms with Crippen molar-refractivity contribution < 1.29 is 14.4 Å². The summed E-state index contributed by atoms with van der Waals surface area (Å²) in [4.78, 5) is 37.8. The van der Waals surface area contributed by atoms with Crippen molar-refractivity contribution in [1.82, 2.24) is 30.1 Å². The van der Waals surface area contributed by atoms with Crippen molar-refractivity contribution in [3.63, 3.8) is 0 Å². The van der Waals surface area contributed by atoms with E-state index in [9.17, 15) is 14.4 Å². The van der Waals surface area contributed by atoms with Crippen LogP contribution >= 0.6 is 0 Å². The van der Waals surface area contributed by atoms with Crippen molar-refractivity contribution in [2.45, 2.75) is 45.7 Å². The minimum Gasteiger partial charge on any atom is -0.344 e. The molecule has 0 saturated carbocycles. The smallest absolute Gasteiger partial charge is 0.325 e. The predicted octanol–water partition coefficient (Wildman–Crippen LogP) is 1.26. The van der Waals surface area contributed by atoms with Crippen molar-refractivity contribution in [1.29, 1.82) is 0 Å². The Morgan fingerprint density at radius 3 is 2.63 bits per heavy atom. The Kier molecular flexibility index (Phi) is 4.86. The van der Waals surface area contributed by atoms with E-state index in [0.29, 0.717) is 23.8 Å². The van der Waals surface area contributed by atoms with Gasteiger partial charge in [0.1, 0.15) is 12.1 Å². The monoisotopic (exact) mass is 372 g/mol. The molecule has 3 heterocycles. The Morgan fingerprint density at radius 2 is 2.00 bits per heavy atom. The van der Waals surface area contributed by atoms with Crippen LogP contribution in [0.4, 0.5) is 4.79 Å². The number of urea groups is 1. The second kappa shape index (κ2) is 6.98. The van der Waals surface area contributed by atoms with Crippen LogP contribution < -0.4 is 10.6 Å². The van der Waals surface area contributed by atoms with Crippen LogP contribution in [-0.2, 0) is 9.59 Å². The molecule has 1 aliphatic rings. The van der Waals surface area contributed by atoms with Gasteiger partial charge in [-0.15, -0.1) is 10.2 Å². The summed E-state index contributed by atoms with van der Waals surface area (Å²) in [5.41, 5.74) is -0.316. The molecule has 9 nitrogen and oxygen atoms in total. The number of nitrogens with one attached hydrogen (secondary N) is 2. The Bertz CT molecular complexity index is 888. The number of fused-ring (bicyclic) bond motifs is 1. The second-order valence-corrected chi connectivity index (χ2v) is 7.68. The molecule has 1 atom stereocenters. The number of imide groups is 1. The zero-order valence-corrected chi connectivity index (χ0v) is 15.9. The third kappa shape index (κ3) is 3.76. The van der Waals surface area contributed by atoms with Crippen LogP contribution in [0.15, 0.2) is 24.4 Å². The maximum absolute atomic E-state index is 12.6. The van der Waals surface area contributed by atoms with E-state index in [2.05, 4.69) is 20.8 Å². The van der Waals surface area contributed by atoms with Gasteiger partial charge >= 0.3 is 6.03 Å². The fraction of sp³-hybridized carbons (Fsp3) is 0.500. The summed E-state index contributed by atoms with van der Waals surface area (Å²) in [6.07, 6.45) is 2.48. The van der Waals surface area contributed by atoms with Crippen molar-refractivity contribution in [2.24, 2.45) is 5.92 Å². The summed E-state index contributed by atoms with van der Waals surface area (Å²) in [5, 5.41) is 13.8. The SMILES string of the molecule is CC(C)C[C@@H](NC(=O)CN1C(=O)NC(C)(C)C1=O)c1nnc2ccccn12. The molecule has 1 saturated heterocycles. The van der Waals surface area contributed by atoms with Gasteiger partial charge in [-0.05, 0) is 38.3 Å². The maximum atomic E-state index is 12.6. The first kappa shape index (κ1) is 18.8. The number of pyridine rings is 1. The highest BCUT2D eigenvalue weighted by molar-refractivity contribution is 6.08. The second-order valence-electron chi connectivity index (χ2n) is 7.68. The largest absolute Gasteiger partial charge is 0.344 e. The van der Waals surface area contributed by atoms with E-state index in [1.165, 1.54) is 0 Å². The van der Waals surface area contributed by atoms with Gasteiger partial charge in [-0.1, -0.05) is 19.9 Å². The van der Waals surface area contributed by atoms with E-state index in [-0.39, 0.29) is 12.6 Å². The number of carbonyl (C=O) groups is 3. The van der Waals surface area contributed by atoms with Crippen LogP contribution in [0.2, 0.25) is 0 Å². The lowest BCUT2D eigenvalue weighted by atomic mass is 10.0. The lowest BCUT2D eigenvalue weighted by molar-refractivity contribution is -0.134. The number of rotatable bonds is 6. The van der Waals surface area contributed by atoms with Gasteiger partial charge in [-0.25, -0.2) is 4.79 Å².